The molecule has 0 aliphatic carbocycles. The number of aromatic nitrogens is 1. The lowest BCUT2D eigenvalue weighted by Crippen LogP contribution is -2.30. The van der Waals surface area contributed by atoms with Crippen LogP contribution in [0.15, 0.2) is 64.6 Å². The number of hydrazone groups is 1. The van der Waals surface area contributed by atoms with Gasteiger partial charge in [0.05, 0.1) is 34.1 Å². The summed E-state index contributed by atoms with van der Waals surface area (Å²) in [6.45, 7) is 0.309. The zero-order valence-electron chi connectivity index (χ0n) is 17.8. The summed E-state index contributed by atoms with van der Waals surface area (Å²) >= 11 is 5.90. The Morgan fingerprint density at radius 1 is 1.03 bits per heavy atom. The molecule has 0 atom stereocenters. The average Bonchev–Trinajstić information content (AvgIpc) is 2.81. The van der Waals surface area contributed by atoms with E-state index in [2.05, 4.69) is 10.5 Å². The summed E-state index contributed by atoms with van der Waals surface area (Å²) in [5.41, 5.74) is 3.35. The van der Waals surface area contributed by atoms with Crippen LogP contribution < -0.4 is 25.2 Å². The molecule has 1 aromatic heterocycles. The van der Waals surface area contributed by atoms with Gasteiger partial charge < -0.3 is 18.8 Å². The van der Waals surface area contributed by atoms with Crippen LogP contribution in [0, 0.1) is 0 Å². The molecule has 0 aliphatic heterocycles. The first kappa shape index (κ1) is 22.9. The van der Waals surface area contributed by atoms with E-state index in [9.17, 15) is 9.59 Å². The van der Waals surface area contributed by atoms with E-state index in [1.54, 1.807) is 36.5 Å². The second-order valence-corrected chi connectivity index (χ2v) is 7.07. The van der Waals surface area contributed by atoms with Gasteiger partial charge in [-0.25, -0.2) is 5.43 Å². The van der Waals surface area contributed by atoms with E-state index < -0.39 is 11.5 Å². The van der Waals surface area contributed by atoms with Gasteiger partial charge in [0.2, 0.25) is 0 Å². The van der Waals surface area contributed by atoms with E-state index in [-0.39, 0.29) is 5.56 Å². The van der Waals surface area contributed by atoms with Crippen LogP contribution in [-0.2, 0) is 6.54 Å². The molecule has 32 heavy (non-hydrogen) atoms. The van der Waals surface area contributed by atoms with Crippen molar-refractivity contribution >= 4 is 23.7 Å². The molecule has 166 valence electrons. The highest BCUT2D eigenvalue weighted by Crippen LogP contribution is 2.33. The van der Waals surface area contributed by atoms with Gasteiger partial charge in [-0.2, -0.15) is 5.10 Å². The predicted molar refractivity (Wildman–Crippen MR) is 122 cm³/mol. The lowest BCUT2D eigenvalue weighted by Gasteiger charge is -2.11. The quantitative estimate of drug-likeness (QED) is 0.415. The Kier molecular flexibility index (Phi) is 7.51. The van der Waals surface area contributed by atoms with E-state index >= 15 is 0 Å². The van der Waals surface area contributed by atoms with Gasteiger partial charge in [-0.1, -0.05) is 23.7 Å². The highest BCUT2D eigenvalue weighted by Gasteiger charge is 2.13. The van der Waals surface area contributed by atoms with Crippen LogP contribution in [0.4, 0.5) is 0 Å². The van der Waals surface area contributed by atoms with Gasteiger partial charge in [-0.3, -0.25) is 9.59 Å². The van der Waals surface area contributed by atoms with E-state index in [1.807, 2.05) is 12.1 Å². The maximum atomic E-state index is 12.7. The van der Waals surface area contributed by atoms with Crippen LogP contribution in [0.25, 0.3) is 0 Å². The number of halogens is 1. The van der Waals surface area contributed by atoms with Crippen molar-refractivity contribution in [3.05, 3.63) is 86.8 Å². The van der Waals surface area contributed by atoms with Crippen molar-refractivity contribution in [3.8, 4) is 17.2 Å². The largest absolute Gasteiger partial charge is 0.496 e. The standard InChI is InChI=1S/C23H22ClN3O5/c1-30-19-12-21(32-3)20(31-2)11-16(19)13-25-26-22(28)18-5-4-10-27(23(18)29)14-15-6-8-17(24)9-7-15/h4-13H,14H2,1-3H3,(H,26,28)/b25-13-. The number of pyridine rings is 1. The summed E-state index contributed by atoms with van der Waals surface area (Å²) in [7, 11) is 4.53. The lowest BCUT2D eigenvalue weighted by atomic mass is 10.2. The molecule has 1 amide bonds. The number of amides is 1. The number of carbonyl (C=O) groups is 1. The SMILES string of the molecule is COc1cc(OC)c(OC)cc1/C=N\NC(=O)c1cccn(Cc2ccc(Cl)cc2)c1=O. The van der Waals surface area contributed by atoms with Gasteiger partial charge in [0.15, 0.2) is 11.5 Å². The lowest BCUT2D eigenvalue weighted by molar-refractivity contribution is 0.0953. The summed E-state index contributed by atoms with van der Waals surface area (Å²) in [5, 5.41) is 4.57. The monoisotopic (exact) mass is 455 g/mol. The van der Waals surface area contributed by atoms with Gasteiger partial charge in [-0.05, 0) is 35.9 Å². The van der Waals surface area contributed by atoms with E-state index in [0.29, 0.717) is 34.4 Å². The smallest absolute Gasteiger partial charge is 0.276 e. The molecule has 2 aromatic carbocycles. The molecule has 0 saturated carbocycles. The molecule has 3 rings (SSSR count). The van der Waals surface area contributed by atoms with Crippen molar-refractivity contribution in [2.75, 3.05) is 21.3 Å². The fourth-order valence-corrected chi connectivity index (χ4v) is 3.12. The molecule has 0 aliphatic rings. The van der Waals surface area contributed by atoms with Gasteiger partial charge in [0.1, 0.15) is 11.3 Å². The van der Waals surface area contributed by atoms with Crippen molar-refractivity contribution in [1.29, 1.82) is 0 Å². The minimum atomic E-state index is -0.629. The minimum absolute atomic E-state index is 0.0297. The molecule has 9 heteroatoms. The Labute approximate surface area is 190 Å². The third-order valence-corrected chi connectivity index (χ3v) is 4.89. The van der Waals surface area contributed by atoms with Crippen molar-refractivity contribution in [2.24, 2.45) is 5.10 Å². The van der Waals surface area contributed by atoms with Crippen LogP contribution in [0.3, 0.4) is 0 Å². The number of carbonyl (C=O) groups excluding carboxylic acids is 1. The second-order valence-electron chi connectivity index (χ2n) is 6.63. The van der Waals surface area contributed by atoms with Gasteiger partial charge in [-0.15, -0.1) is 0 Å². The number of ether oxygens (including phenoxy) is 3. The Morgan fingerprint density at radius 3 is 2.34 bits per heavy atom. The molecular weight excluding hydrogens is 434 g/mol. The highest BCUT2D eigenvalue weighted by molar-refractivity contribution is 6.30. The molecule has 1 heterocycles. The molecule has 8 nitrogen and oxygen atoms in total. The maximum Gasteiger partial charge on any atom is 0.276 e. The zero-order chi connectivity index (χ0) is 23.1. The summed E-state index contributed by atoms with van der Waals surface area (Å²) in [4.78, 5) is 25.3. The van der Waals surface area contributed by atoms with Crippen LogP contribution in [0.5, 0.6) is 17.2 Å². The fraction of sp³-hybridized carbons (Fsp3) is 0.174. The molecule has 0 unspecified atom stereocenters. The van der Waals surface area contributed by atoms with Gasteiger partial charge in [0.25, 0.3) is 11.5 Å². The topological polar surface area (TPSA) is 91.2 Å². The molecule has 0 saturated heterocycles. The summed E-state index contributed by atoms with van der Waals surface area (Å²) in [6.07, 6.45) is 3.01. The molecule has 1 N–H and O–H groups in total. The van der Waals surface area contributed by atoms with Crippen molar-refractivity contribution in [3.63, 3.8) is 0 Å². The second kappa shape index (κ2) is 10.5. The first-order valence-electron chi connectivity index (χ1n) is 9.54. The predicted octanol–water partition coefficient (Wildman–Crippen LogP) is 3.34. The number of benzene rings is 2. The Balaban J connectivity index is 1.77. The normalized spacial score (nSPS) is 10.8. The summed E-state index contributed by atoms with van der Waals surface area (Å²) < 4.78 is 17.3. The van der Waals surface area contributed by atoms with E-state index in [0.717, 1.165) is 5.56 Å². The molecule has 0 radical (unpaired) electrons. The maximum absolute atomic E-state index is 12.7. The molecule has 3 aromatic rings. The van der Waals surface area contributed by atoms with Crippen LogP contribution in [0.2, 0.25) is 5.02 Å². The Morgan fingerprint density at radius 2 is 1.69 bits per heavy atom. The van der Waals surface area contributed by atoms with Crippen LogP contribution in [0.1, 0.15) is 21.5 Å². The molecular formula is C23H22ClN3O5. The molecule has 0 fully saturated rings. The highest BCUT2D eigenvalue weighted by atomic mass is 35.5. The number of hydrogen-bond acceptors (Lipinski definition) is 6. The fourth-order valence-electron chi connectivity index (χ4n) is 3.00. The number of hydrogen-bond donors (Lipinski definition) is 1. The van der Waals surface area contributed by atoms with Crippen molar-refractivity contribution in [2.45, 2.75) is 6.54 Å². The number of nitrogens with one attached hydrogen (secondary N) is 1. The summed E-state index contributed by atoms with van der Waals surface area (Å²) in [5.74, 6) is 0.826. The molecule has 0 spiro atoms. The Hall–Kier alpha value is -3.78. The zero-order valence-corrected chi connectivity index (χ0v) is 18.6. The van der Waals surface area contributed by atoms with Gasteiger partial charge >= 0.3 is 0 Å². The minimum Gasteiger partial charge on any atom is -0.496 e. The molecule has 0 bridgehead atoms. The first-order chi connectivity index (χ1) is 15.5. The van der Waals surface area contributed by atoms with Crippen molar-refractivity contribution in [1.82, 2.24) is 9.99 Å². The summed E-state index contributed by atoms with van der Waals surface area (Å²) in [6, 6.07) is 13.5. The third kappa shape index (κ3) is 5.28. The van der Waals surface area contributed by atoms with Crippen LogP contribution >= 0.6 is 11.6 Å². The number of methoxy groups -OCH3 is 3. The van der Waals surface area contributed by atoms with E-state index in [4.69, 9.17) is 25.8 Å². The Bertz CT molecular complexity index is 1190. The van der Waals surface area contributed by atoms with E-state index in [1.165, 1.54) is 38.2 Å². The first-order valence-corrected chi connectivity index (χ1v) is 9.92. The van der Waals surface area contributed by atoms with Crippen molar-refractivity contribution < 1.29 is 19.0 Å². The third-order valence-electron chi connectivity index (χ3n) is 4.64. The average molecular weight is 456 g/mol. The number of rotatable bonds is 8. The van der Waals surface area contributed by atoms with Crippen LogP contribution in [-0.4, -0.2) is 38.0 Å². The van der Waals surface area contributed by atoms with Gasteiger partial charge in [0, 0.05) is 22.8 Å². The number of nitrogens with zero attached hydrogens (tertiary/aromatic N) is 2.